The molecule has 1 aromatic heterocycles. The van der Waals surface area contributed by atoms with E-state index in [0.29, 0.717) is 0 Å². The third-order valence-electron chi connectivity index (χ3n) is 3.34. The van der Waals surface area contributed by atoms with Crippen LogP contribution >= 0.6 is 0 Å². The van der Waals surface area contributed by atoms with Gasteiger partial charge in [-0.15, -0.1) is 0 Å². The van der Waals surface area contributed by atoms with E-state index in [1.165, 1.54) is 16.7 Å². The van der Waals surface area contributed by atoms with E-state index in [1.807, 2.05) is 12.1 Å². The van der Waals surface area contributed by atoms with Crippen LogP contribution < -0.4 is 0 Å². The molecule has 2 aromatic carbocycles. The van der Waals surface area contributed by atoms with Gasteiger partial charge in [0.2, 0.25) is 0 Å². The van der Waals surface area contributed by atoms with Crippen molar-refractivity contribution in [3.05, 3.63) is 95.3 Å². The van der Waals surface area contributed by atoms with Crippen LogP contribution in [0.15, 0.2) is 72.9 Å². The summed E-state index contributed by atoms with van der Waals surface area (Å²) in [4.78, 5) is 0. The summed E-state index contributed by atoms with van der Waals surface area (Å²) in [6.45, 7) is 0. The van der Waals surface area contributed by atoms with Gasteiger partial charge in [-0.05, 0) is 29.2 Å². The molecule has 0 spiro atoms. The summed E-state index contributed by atoms with van der Waals surface area (Å²) in [6.07, 6.45) is 3.50. The number of hydrogen-bond donors (Lipinski definition) is 0. The van der Waals surface area contributed by atoms with E-state index in [2.05, 4.69) is 64.8 Å². The van der Waals surface area contributed by atoms with E-state index in [9.17, 15) is 0 Å². The highest BCUT2D eigenvalue weighted by Gasteiger charge is 2.06. The Labute approximate surface area is 119 Å². The molecule has 0 radical (unpaired) electrons. The van der Waals surface area contributed by atoms with Crippen molar-refractivity contribution in [2.45, 2.75) is 12.8 Å². The first-order chi connectivity index (χ1) is 9.92. The summed E-state index contributed by atoms with van der Waals surface area (Å²) >= 11 is 0. The highest BCUT2D eigenvalue weighted by molar-refractivity contribution is 5.31. The average molecular weight is 260 g/mol. The SMILES string of the molecule is c1ccc(Cc2ccnnc2Cc2ccccc2)cc1. The molecule has 0 unspecified atom stereocenters. The molecular weight excluding hydrogens is 244 g/mol. The minimum absolute atomic E-state index is 0.830. The second-order valence-corrected chi connectivity index (χ2v) is 4.83. The lowest BCUT2D eigenvalue weighted by molar-refractivity contribution is 0.901. The van der Waals surface area contributed by atoms with Crippen LogP contribution in [0.4, 0.5) is 0 Å². The van der Waals surface area contributed by atoms with Gasteiger partial charge in [0.15, 0.2) is 0 Å². The molecule has 3 rings (SSSR count). The van der Waals surface area contributed by atoms with Gasteiger partial charge in [0.05, 0.1) is 5.69 Å². The predicted octanol–water partition coefficient (Wildman–Crippen LogP) is 3.66. The lowest BCUT2D eigenvalue weighted by Crippen LogP contribution is -2.01. The fourth-order valence-electron chi connectivity index (χ4n) is 2.30. The first-order valence-corrected chi connectivity index (χ1v) is 6.79. The molecule has 0 saturated heterocycles. The second-order valence-electron chi connectivity index (χ2n) is 4.83. The summed E-state index contributed by atoms with van der Waals surface area (Å²) in [5.74, 6) is 0. The summed E-state index contributed by atoms with van der Waals surface area (Å²) in [5.41, 5.74) is 4.87. The highest BCUT2D eigenvalue weighted by atomic mass is 15.1. The van der Waals surface area contributed by atoms with Gasteiger partial charge in [0, 0.05) is 12.6 Å². The Hall–Kier alpha value is -2.48. The molecule has 0 aliphatic rings. The fraction of sp³-hybridized carbons (Fsp3) is 0.111. The van der Waals surface area contributed by atoms with Gasteiger partial charge in [-0.2, -0.15) is 10.2 Å². The molecule has 1 heterocycles. The minimum Gasteiger partial charge on any atom is -0.159 e. The third-order valence-corrected chi connectivity index (χ3v) is 3.34. The second kappa shape index (κ2) is 6.11. The average Bonchev–Trinajstić information content (AvgIpc) is 2.51. The number of hydrogen-bond acceptors (Lipinski definition) is 2. The number of rotatable bonds is 4. The van der Waals surface area contributed by atoms with Gasteiger partial charge in [-0.1, -0.05) is 60.7 Å². The zero-order chi connectivity index (χ0) is 13.6. The van der Waals surface area contributed by atoms with Crippen LogP contribution in [-0.4, -0.2) is 10.2 Å². The van der Waals surface area contributed by atoms with E-state index in [1.54, 1.807) is 6.20 Å². The van der Waals surface area contributed by atoms with Gasteiger partial charge < -0.3 is 0 Å². The predicted molar refractivity (Wildman–Crippen MR) is 80.5 cm³/mol. The first kappa shape index (κ1) is 12.5. The summed E-state index contributed by atoms with van der Waals surface area (Å²) < 4.78 is 0. The molecule has 0 fully saturated rings. The van der Waals surface area contributed by atoms with Gasteiger partial charge in [-0.3, -0.25) is 0 Å². The van der Waals surface area contributed by atoms with Crippen molar-refractivity contribution in [2.75, 3.05) is 0 Å². The number of benzene rings is 2. The van der Waals surface area contributed by atoms with E-state index in [-0.39, 0.29) is 0 Å². The Morgan fingerprint density at radius 2 is 1.25 bits per heavy atom. The topological polar surface area (TPSA) is 25.8 Å². The lowest BCUT2D eigenvalue weighted by atomic mass is 10.0. The van der Waals surface area contributed by atoms with Crippen LogP contribution in [0.1, 0.15) is 22.4 Å². The normalized spacial score (nSPS) is 10.4. The Bertz CT molecular complexity index is 603. The maximum atomic E-state index is 4.32. The highest BCUT2D eigenvalue weighted by Crippen LogP contribution is 2.15. The quantitative estimate of drug-likeness (QED) is 0.715. The maximum absolute atomic E-state index is 4.32. The molecule has 0 atom stereocenters. The minimum atomic E-state index is 0.830. The Kier molecular flexibility index (Phi) is 3.83. The summed E-state index contributed by atoms with van der Waals surface area (Å²) in [6, 6.07) is 22.9. The summed E-state index contributed by atoms with van der Waals surface area (Å²) in [5, 5.41) is 8.35. The van der Waals surface area contributed by atoms with Crippen LogP contribution in [0, 0.1) is 0 Å². The van der Waals surface area contributed by atoms with Crippen molar-refractivity contribution in [3.8, 4) is 0 Å². The molecule has 0 amide bonds. The fourth-order valence-corrected chi connectivity index (χ4v) is 2.30. The van der Waals surface area contributed by atoms with Crippen LogP contribution in [0.5, 0.6) is 0 Å². The van der Waals surface area contributed by atoms with E-state index in [0.717, 1.165) is 18.5 Å². The number of aromatic nitrogens is 2. The first-order valence-electron chi connectivity index (χ1n) is 6.79. The van der Waals surface area contributed by atoms with Gasteiger partial charge in [-0.25, -0.2) is 0 Å². The molecular formula is C18H16N2. The van der Waals surface area contributed by atoms with Crippen molar-refractivity contribution in [1.82, 2.24) is 10.2 Å². The van der Waals surface area contributed by atoms with Crippen LogP contribution in [0.3, 0.4) is 0 Å². The maximum Gasteiger partial charge on any atom is 0.0710 e. The van der Waals surface area contributed by atoms with Crippen LogP contribution in [0.2, 0.25) is 0 Å². The molecule has 0 aliphatic heterocycles. The molecule has 2 nitrogen and oxygen atoms in total. The third kappa shape index (κ3) is 3.09. The van der Waals surface area contributed by atoms with Gasteiger partial charge in [0.25, 0.3) is 0 Å². The van der Waals surface area contributed by atoms with Crippen molar-refractivity contribution in [1.29, 1.82) is 0 Å². The molecule has 3 aromatic rings. The zero-order valence-corrected chi connectivity index (χ0v) is 11.2. The molecule has 0 N–H and O–H groups in total. The van der Waals surface area contributed by atoms with Crippen LogP contribution in [0.25, 0.3) is 0 Å². The van der Waals surface area contributed by atoms with Crippen molar-refractivity contribution < 1.29 is 0 Å². The lowest BCUT2D eigenvalue weighted by Gasteiger charge is -2.08. The molecule has 0 bridgehead atoms. The van der Waals surface area contributed by atoms with Crippen molar-refractivity contribution in [3.63, 3.8) is 0 Å². The number of nitrogens with zero attached hydrogens (tertiary/aromatic N) is 2. The van der Waals surface area contributed by atoms with Gasteiger partial charge in [0.1, 0.15) is 0 Å². The molecule has 20 heavy (non-hydrogen) atoms. The van der Waals surface area contributed by atoms with Crippen molar-refractivity contribution in [2.24, 2.45) is 0 Å². The standard InChI is InChI=1S/C18H16N2/c1-3-7-15(8-4-1)13-17-11-12-19-20-18(17)14-16-9-5-2-6-10-16/h1-12H,13-14H2. The largest absolute Gasteiger partial charge is 0.159 e. The Morgan fingerprint density at radius 1 is 0.650 bits per heavy atom. The van der Waals surface area contributed by atoms with Crippen LogP contribution in [-0.2, 0) is 12.8 Å². The van der Waals surface area contributed by atoms with Crippen molar-refractivity contribution >= 4 is 0 Å². The van der Waals surface area contributed by atoms with E-state index in [4.69, 9.17) is 0 Å². The van der Waals surface area contributed by atoms with E-state index < -0.39 is 0 Å². The van der Waals surface area contributed by atoms with E-state index >= 15 is 0 Å². The smallest absolute Gasteiger partial charge is 0.0710 e. The Morgan fingerprint density at radius 3 is 1.90 bits per heavy atom. The monoisotopic (exact) mass is 260 g/mol. The molecule has 0 saturated carbocycles. The molecule has 0 aliphatic carbocycles. The summed E-state index contributed by atoms with van der Waals surface area (Å²) in [7, 11) is 0. The zero-order valence-electron chi connectivity index (χ0n) is 11.2. The Balaban J connectivity index is 1.85. The molecule has 2 heteroatoms. The molecule has 98 valence electrons. The van der Waals surface area contributed by atoms with Gasteiger partial charge >= 0.3 is 0 Å².